The van der Waals surface area contributed by atoms with Gasteiger partial charge < -0.3 is 9.84 Å². The van der Waals surface area contributed by atoms with Gasteiger partial charge in [-0.1, -0.05) is 23.7 Å². The van der Waals surface area contributed by atoms with Crippen LogP contribution in [0.2, 0.25) is 5.02 Å². The van der Waals surface area contributed by atoms with Gasteiger partial charge in [0.2, 0.25) is 0 Å². The van der Waals surface area contributed by atoms with E-state index in [1.54, 1.807) is 18.3 Å². The lowest BCUT2D eigenvalue weighted by Crippen LogP contribution is -1.97. The number of rotatable bonds is 4. The quantitative estimate of drug-likeness (QED) is 0.906. The van der Waals surface area contributed by atoms with Crippen LogP contribution >= 0.6 is 11.6 Å². The van der Waals surface area contributed by atoms with E-state index < -0.39 is 0 Å². The fourth-order valence-corrected chi connectivity index (χ4v) is 1.64. The van der Waals surface area contributed by atoms with Crippen molar-refractivity contribution in [3.05, 3.63) is 58.9 Å². The highest BCUT2D eigenvalue weighted by Crippen LogP contribution is 2.15. The summed E-state index contributed by atoms with van der Waals surface area (Å²) in [6.45, 7) is 0.351. The molecule has 1 N–H and O–H groups in total. The van der Waals surface area contributed by atoms with Crippen LogP contribution in [-0.2, 0) is 13.2 Å². The number of ether oxygens (including phenoxy) is 1. The molecule has 0 aliphatic rings. The van der Waals surface area contributed by atoms with Crippen LogP contribution in [0, 0.1) is 0 Å². The summed E-state index contributed by atoms with van der Waals surface area (Å²) in [6.07, 6.45) is 1.61. The monoisotopic (exact) mass is 249 g/mol. The van der Waals surface area contributed by atoms with Crippen molar-refractivity contribution in [3.8, 4) is 5.75 Å². The molecule has 1 aromatic carbocycles. The first-order chi connectivity index (χ1) is 8.28. The molecule has 0 spiro atoms. The van der Waals surface area contributed by atoms with Crippen molar-refractivity contribution >= 4 is 11.6 Å². The van der Waals surface area contributed by atoms with Crippen LogP contribution in [0.4, 0.5) is 0 Å². The maximum atomic E-state index is 8.95. The molecule has 0 saturated heterocycles. The van der Waals surface area contributed by atoms with E-state index in [0.717, 1.165) is 5.56 Å². The molecule has 0 amide bonds. The fraction of sp³-hybridized carbons (Fsp3) is 0.154. The van der Waals surface area contributed by atoms with Gasteiger partial charge >= 0.3 is 0 Å². The lowest BCUT2D eigenvalue weighted by atomic mass is 10.2. The minimum Gasteiger partial charge on any atom is -0.489 e. The smallest absolute Gasteiger partial charge is 0.123 e. The van der Waals surface area contributed by atoms with Crippen molar-refractivity contribution in [1.82, 2.24) is 4.98 Å². The van der Waals surface area contributed by atoms with Gasteiger partial charge in [-0.15, -0.1) is 0 Å². The molecule has 4 heteroatoms. The molecule has 0 aliphatic carbocycles. The largest absolute Gasteiger partial charge is 0.489 e. The highest BCUT2D eigenvalue weighted by atomic mass is 35.5. The van der Waals surface area contributed by atoms with Crippen LogP contribution in [0.25, 0.3) is 0 Å². The molecular weight excluding hydrogens is 238 g/mol. The fourth-order valence-electron chi connectivity index (χ4n) is 1.43. The highest BCUT2D eigenvalue weighted by Gasteiger charge is 1.99. The molecule has 0 saturated carbocycles. The van der Waals surface area contributed by atoms with Gasteiger partial charge in [0.05, 0.1) is 12.3 Å². The normalized spacial score (nSPS) is 10.2. The maximum Gasteiger partial charge on any atom is 0.123 e. The Balaban J connectivity index is 2.02. The predicted molar refractivity (Wildman–Crippen MR) is 65.9 cm³/mol. The first-order valence-electron chi connectivity index (χ1n) is 5.21. The van der Waals surface area contributed by atoms with Gasteiger partial charge in [-0.05, 0) is 23.8 Å². The average Bonchev–Trinajstić information content (AvgIpc) is 2.37. The zero-order valence-corrected chi connectivity index (χ0v) is 9.89. The molecule has 0 atom stereocenters. The van der Waals surface area contributed by atoms with E-state index in [0.29, 0.717) is 23.1 Å². The number of hydrogen-bond donors (Lipinski definition) is 1. The summed E-state index contributed by atoms with van der Waals surface area (Å²) < 4.78 is 5.58. The lowest BCUT2D eigenvalue weighted by molar-refractivity contribution is 0.273. The molecule has 0 radical (unpaired) electrons. The van der Waals surface area contributed by atoms with Crippen molar-refractivity contribution in [3.63, 3.8) is 0 Å². The van der Waals surface area contributed by atoms with Crippen molar-refractivity contribution in [2.24, 2.45) is 0 Å². The van der Waals surface area contributed by atoms with E-state index >= 15 is 0 Å². The Morgan fingerprint density at radius 1 is 1.24 bits per heavy atom. The van der Waals surface area contributed by atoms with E-state index in [1.807, 2.05) is 24.3 Å². The number of aromatic nitrogens is 1. The van der Waals surface area contributed by atoms with Gasteiger partial charge in [-0.2, -0.15) is 0 Å². The van der Waals surface area contributed by atoms with Crippen molar-refractivity contribution in [2.45, 2.75) is 13.2 Å². The van der Waals surface area contributed by atoms with Gasteiger partial charge in [0, 0.05) is 17.3 Å². The Morgan fingerprint density at radius 2 is 2.12 bits per heavy atom. The Bertz CT molecular complexity index is 502. The molecule has 0 bridgehead atoms. The van der Waals surface area contributed by atoms with Crippen molar-refractivity contribution < 1.29 is 9.84 Å². The summed E-state index contributed by atoms with van der Waals surface area (Å²) in [5.41, 5.74) is 1.59. The second-order valence-corrected chi connectivity index (χ2v) is 4.00. The van der Waals surface area contributed by atoms with Crippen LogP contribution in [0.3, 0.4) is 0 Å². The number of hydrogen-bond acceptors (Lipinski definition) is 3. The minimum atomic E-state index is -0.0889. The van der Waals surface area contributed by atoms with E-state index in [4.69, 9.17) is 21.4 Å². The second-order valence-electron chi connectivity index (χ2n) is 3.56. The van der Waals surface area contributed by atoms with Crippen LogP contribution in [0.15, 0.2) is 42.6 Å². The van der Waals surface area contributed by atoms with Crippen LogP contribution in [-0.4, -0.2) is 10.1 Å². The summed E-state index contributed by atoms with van der Waals surface area (Å²) in [6, 6.07) is 11.0. The maximum absolute atomic E-state index is 8.95. The zero-order chi connectivity index (χ0) is 12.1. The number of aliphatic hydroxyl groups is 1. The summed E-state index contributed by atoms with van der Waals surface area (Å²) in [7, 11) is 0. The summed E-state index contributed by atoms with van der Waals surface area (Å²) in [5, 5.41) is 9.64. The van der Waals surface area contributed by atoms with Gasteiger partial charge in [0.25, 0.3) is 0 Å². The second kappa shape index (κ2) is 5.66. The molecule has 0 aliphatic heterocycles. The van der Waals surface area contributed by atoms with Crippen LogP contribution in [0.5, 0.6) is 5.75 Å². The third-order valence-corrected chi connectivity index (χ3v) is 2.48. The van der Waals surface area contributed by atoms with E-state index in [9.17, 15) is 0 Å². The molecule has 17 heavy (non-hydrogen) atoms. The first-order valence-corrected chi connectivity index (χ1v) is 5.59. The standard InChI is InChI=1S/C13H12ClNO2/c14-11-3-1-2-10(6-11)9-17-13-4-5-15-12(7-13)8-16/h1-7,16H,8-9H2. The molecule has 88 valence electrons. The third-order valence-electron chi connectivity index (χ3n) is 2.24. The van der Waals surface area contributed by atoms with E-state index in [-0.39, 0.29) is 6.61 Å². The molecule has 2 rings (SSSR count). The summed E-state index contributed by atoms with van der Waals surface area (Å²) >= 11 is 5.88. The average molecular weight is 250 g/mol. The molecule has 0 fully saturated rings. The SMILES string of the molecule is OCc1cc(OCc2cccc(Cl)c2)ccn1. The molecular formula is C13H12ClNO2. The predicted octanol–water partition coefficient (Wildman–Crippen LogP) is 2.81. The molecule has 3 nitrogen and oxygen atoms in total. The van der Waals surface area contributed by atoms with Gasteiger partial charge in [0.15, 0.2) is 0 Å². The van der Waals surface area contributed by atoms with Crippen molar-refractivity contribution in [2.75, 3.05) is 0 Å². The van der Waals surface area contributed by atoms with Crippen LogP contribution in [0.1, 0.15) is 11.3 Å². The molecule has 2 aromatic rings. The zero-order valence-electron chi connectivity index (χ0n) is 9.14. The number of pyridine rings is 1. The third kappa shape index (κ3) is 3.44. The van der Waals surface area contributed by atoms with Gasteiger partial charge in [-0.25, -0.2) is 0 Å². The number of nitrogens with zero attached hydrogens (tertiary/aromatic N) is 1. The Morgan fingerprint density at radius 3 is 2.88 bits per heavy atom. The molecule has 0 unspecified atom stereocenters. The van der Waals surface area contributed by atoms with Crippen LogP contribution < -0.4 is 4.74 Å². The number of aliphatic hydroxyl groups excluding tert-OH is 1. The number of halogens is 1. The van der Waals surface area contributed by atoms with E-state index in [2.05, 4.69) is 4.98 Å². The number of benzene rings is 1. The topological polar surface area (TPSA) is 42.4 Å². The molecule has 1 heterocycles. The summed E-state index contributed by atoms with van der Waals surface area (Å²) in [5.74, 6) is 0.684. The van der Waals surface area contributed by atoms with Gasteiger partial charge in [0.1, 0.15) is 12.4 Å². The van der Waals surface area contributed by atoms with Gasteiger partial charge in [-0.3, -0.25) is 4.98 Å². The highest BCUT2D eigenvalue weighted by molar-refractivity contribution is 6.30. The van der Waals surface area contributed by atoms with Crippen molar-refractivity contribution in [1.29, 1.82) is 0 Å². The Kier molecular flexibility index (Phi) is 3.96. The Hall–Kier alpha value is -1.58. The first kappa shape index (κ1) is 11.9. The lowest BCUT2D eigenvalue weighted by Gasteiger charge is -2.07. The Labute approximate surface area is 105 Å². The minimum absolute atomic E-state index is 0.0889. The summed E-state index contributed by atoms with van der Waals surface area (Å²) in [4.78, 5) is 3.98. The van der Waals surface area contributed by atoms with E-state index in [1.165, 1.54) is 0 Å². The molecule has 1 aromatic heterocycles.